The van der Waals surface area contributed by atoms with Crippen molar-refractivity contribution in [1.82, 2.24) is 10.3 Å². The molecule has 0 bridgehead atoms. The Morgan fingerprint density at radius 1 is 1.06 bits per heavy atom. The van der Waals surface area contributed by atoms with Gasteiger partial charge in [0, 0.05) is 12.5 Å². The van der Waals surface area contributed by atoms with Crippen LogP contribution in [0.2, 0.25) is 0 Å². The summed E-state index contributed by atoms with van der Waals surface area (Å²) in [6.45, 7) is -0.366. The fourth-order valence-electron chi connectivity index (χ4n) is 4.43. The standard InChI is InChI=1S/C24H19F2N3O5S/c25-24(26)17(19(24)21(31)32)9-27-20(30)18-10-28-22(35-18)29-23(33)34-11-16-14-7-3-1-5-12(14)13-6-2-4-8-15(13)16/h1-8,10,16-17,19H,9,11H2,(H,27,30)(H,31,32)(H,28,29,33). The van der Waals surface area contributed by atoms with Gasteiger partial charge in [-0.25, -0.2) is 18.6 Å². The summed E-state index contributed by atoms with van der Waals surface area (Å²) in [5, 5.41) is 13.7. The number of nitrogens with one attached hydrogen (secondary N) is 2. The van der Waals surface area contributed by atoms with E-state index in [0.717, 1.165) is 33.6 Å². The van der Waals surface area contributed by atoms with E-state index in [4.69, 9.17) is 9.84 Å². The fourth-order valence-corrected chi connectivity index (χ4v) is 5.15. The minimum atomic E-state index is -3.34. The Labute approximate surface area is 202 Å². The molecule has 0 radical (unpaired) electrons. The highest BCUT2D eigenvalue weighted by Crippen LogP contribution is 2.55. The second-order valence-corrected chi connectivity index (χ2v) is 9.32. The van der Waals surface area contributed by atoms with Crippen molar-refractivity contribution in [3.63, 3.8) is 0 Å². The van der Waals surface area contributed by atoms with Crippen LogP contribution in [0.3, 0.4) is 0 Å². The maximum Gasteiger partial charge on any atom is 0.413 e. The molecule has 180 valence electrons. The van der Waals surface area contributed by atoms with E-state index in [0.29, 0.717) is 0 Å². The zero-order valence-electron chi connectivity index (χ0n) is 18.0. The number of halogens is 2. The van der Waals surface area contributed by atoms with E-state index >= 15 is 0 Å². The molecule has 1 heterocycles. The van der Waals surface area contributed by atoms with Crippen LogP contribution >= 0.6 is 11.3 Å². The first kappa shape index (κ1) is 22.9. The lowest BCUT2D eigenvalue weighted by molar-refractivity contribution is -0.140. The number of fused-ring (bicyclic) bond motifs is 3. The molecule has 2 atom stereocenters. The summed E-state index contributed by atoms with van der Waals surface area (Å²) in [4.78, 5) is 39.4. The smallest absolute Gasteiger partial charge is 0.413 e. The van der Waals surface area contributed by atoms with Gasteiger partial charge >= 0.3 is 12.1 Å². The number of hydrogen-bond acceptors (Lipinski definition) is 6. The number of anilines is 1. The lowest BCUT2D eigenvalue weighted by Gasteiger charge is -2.14. The number of aromatic nitrogens is 1. The third kappa shape index (κ3) is 4.23. The molecule has 1 fully saturated rings. The molecule has 5 rings (SSSR count). The first-order chi connectivity index (χ1) is 16.8. The number of hydrogen-bond donors (Lipinski definition) is 3. The van der Waals surface area contributed by atoms with Crippen LogP contribution in [0.1, 0.15) is 26.7 Å². The van der Waals surface area contributed by atoms with E-state index in [9.17, 15) is 23.2 Å². The Morgan fingerprint density at radius 3 is 2.29 bits per heavy atom. The molecule has 11 heteroatoms. The second kappa shape index (κ2) is 8.73. The summed E-state index contributed by atoms with van der Waals surface area (Å²) in [6, 6.07) is 15.9. The minimum Gasteiger partial charge on any atom is -0.481 e. The minimum absolute atomic E-state index is 0.0785. The molecule has 3 aromatic rings. The van der Waals surface area contributed by atoms with Crippen molar-refractivity contribution in [1.29, 1.82) is 0 Å². The molecule has 1 saturated carbocycles. The van der Waals surface area contributed by atoms with Gasteiger partial charge in [-0.1, -0.05) is 59.9 Å². The highest BCUT2D eigenvalue weighted by molar-refractivity contribution is 7.17. The summed E-state index contributed by atoms with van der Waals surface area (Å²) < 4.78 is 32.3. The highest BCUT2D eigenvalue weighted by atomic mass is 32.1. The van der Waals surface area contributed by atoms with Crippen LogP contribution < -0.4 is 10.6 Å². The van der Waals surface area contributed by atoms with Gasteiger partial charge in [0.25, 0.3) is 11.8 Å². The van der Waals surface area contributed by atoms with Crippen LogP contribution in [0.5, 0.6) is 0 Å². The number of alkyl halides is 2. The highest BCUT2D eigenvalue weighted by Gasteiger charge is 2.72. The Hall–Kier alpha value is -3.86. The number of carbonyl (C=O) groups is 3. The van der Waals surface area contributed by atoms with E-state index in [1.807, 2.05) is 48.5 Å². The van der Waals surface area contributed by atoms with Crippen molar-refractivity contribution in [3.8, 4) is 11.1 Å². The van der Waals surface area contributed by atoms with Crippen molar-refractivity contribution in [2.24, 2.45) is 11.8 Å². The van der Waals surface area contributed by atoms with Gasteiger partial charge in [0.2, 0.25) is 0 Å². The van der Waals surface area contributed by atoms with Gasteiger partial charge in [-0.15, -0.1) is 0 Å². The third-order valence-electron chi connectivity index (χ3n) is 6.23. The molecular formula is C24H19F2N3O5S. The Bertz CT molecular complexity index is 1280. The molecule has 0 saturated heterocycles. The van der Waals surface area contributed by atoms with E-state index in [-0.39, 0.29) is 22.5 Å². The first-order valence-electron chi connectivity index (χ1n) is 10.7. The predicted molar refractivity (Wildman–Crippen MR) is 123 cm³/mol. The average molecular weight is 499 g/mol. The van der Waals surface area contributed by atoms with E-state index < -0.39 is 42.3 Å². The first-order valence-corrected chi connectivity index (χ1v) is 11.6. The fraction of sp³-hybridized carbons (Fsp3) is 0.250. The molecule has 1 aromatic heterocycles. The van der Waals surface area contributed by atoms with Crippen molar-refractivity contribution in [2.75, 3.05) is 18.5 Å². The predicted octanol–water partition coefficient (Wildman–Crippen LogP) is 4.20. The molecule has 2 aliphatic carbocycles. The number of aliphatic carboxylic acids is 1. The molecular weight excluding hydrogens is 480 g/mol. The van der Waals surface area contributed by atoms with E-state index in [2.05, 4.69) is 15.6 Å². The van der Waals surface area contributed by atoms with Gasteiger partial charge < -0.3 is 15.2 Å². The number of carbonyl (C=O) groups excluding carboxylic acids is 2. The zero-order chi connectivity index (χ0) is 24.7. The average Bonchev–Trinajstić information content (AvgIpc) is 3.13. The van der Waals surface area contributed by atoms with Crippen LogP contribution in [0.15, 0.2) is 54.7 Å². The zero-order valence-corrected chi connectivity index (χ0v) is 18.9. The molecule has 0 spiro atoms. The number of thiazole rings is 1. The van der Waals surface area contributed by atoms with Gasteiger partial charge in [0.1, 0.15) is 17.4 Å². The van der Waals surface area contributed by atoms with Crippen LogP contribution in [0, 0.1) is 11.8 Å². The van der Waals surface area contributed by atoms with Crippen molar-refractivity contribution >= 4 is 34.4 Å². The molecule has 3 N–H and O–H groups in total. The lowest BCUT2D eigenvalue weighted by Crippen LogP contribution is -2.26. The third-order valence-corrected chi connectivity index (χ3v) is 7.14. The normalized spacial score (nSPS) is 19.4. The van der Waals surface area contributed by atoms with Gasteiger partial charge in [0.05, 0.1) is 12.1 Å². The topological polar surface area (TPSA) is 118 Å². The van der Waals surface area contributed by atoms with Gasteiger partial charge in [-0.3, -0.25) is 14.9 Å². The molecule has 8 nitrogen and oxygen atoms in total. The van der Waals surface area contributed by atoms with E-state index in [1.165, 1.54) is 6.20 Å². The van der Waals surface area contributed by atoms with E-state index in [1.54, 1.807) is 0 Å². The largest absolute Gasteiger partial charge is 0.481 e. The lowest BCUT2D eigenvalue weighted by atomic mass is 9.98. The molecule has 35 heavy (non-hydrogen) atoms. The number of nitrogens with zero attached hydrogens (tertiary/aromatic N) is 1. The summed E-state index contributed by atoms with van der Waals surface area (Å²) in [7, 11) is 0. The van der Waals surface area contributed by atoms with Crippen LogP contribution in [-0.4, -0.2) is 47.1 Å². The number of ether oxygens (including phenoxy) is 1. The number of carboxylic acid groups (broad SMARTS) is 1. The number of benzene rings is 2. The van der Waals surface area contributed by atoms with Crippen molar-refractivity contribution < 1.29 is 33.0 Å². The Kier molecular flexibility index (Phi) is 5.72. The van der Waals surface area contributed by atoms with Crippen LogP contribution in [-0.2, 0) is 9.53 Å². The van der Waals surface area contributed by atoms with Crippen LogP contribution in [0.4, 0.5) is 18.7 Å². The Balaban J connectivity index is 1.15. The second-order valence-electron chi connectivity index (χ2n) is 8.29. The van der Waals surface area contributed by atoms with Crippen molar-refractivity contribution in [2.45, 2.75) is 11.8 Å². The van der Waals surface area contributed by atoms with Gasteiger partial charge in [-0.05, 0) is 22.3 Å². The quantitative estimate of drug-likeness (QED) is 0.449. The maximum absolute atomic E-state index is 13.5. The number of carboxylic acids is 1. The summed E-state index contributed by atoms with van der Waals surface area (Å²) in [6.07, 6.45) is 0.453. The molecule has 0 aliphatic heterocycles. The molecule has 2 unspecified atom stereocenters. The summed E-state index contributed by atoms with van der Waals surface area (Å²) in [5.41, 5.74) is 4.35. The van der Waals surface area contributed by atoms with Gasteiger partial charge in [-0.2, -0.15) is 0 Å². The number of amides is 2. The molecule has 2 amide bonds. The summed E-state index contributed by atoms with van der Waals surface area (Å²) >= 11 is 0.845. The molecule has 2 aromatic carbocycles. The van der Waals surface area contributed by atoms with Gasteiger partial charge in [0.15, 0.2) is 5.13 Å². The Morgan fingerprint density at radius 2 is 1.69 bits per heavy atom. The SMILES string of the molecule is O=C(Nc1ncc(C(=O)NCC2C(C(=O)O)C2(F)F)s1)OCC1c2ccccc2-c2ccccc21. The molecule has 2 aliphatic rings. The monoisotopic (exact) mass is 499 g/mol. The maximum atomic E-state index is 13.5. The number of rotatable bonds is 7. The van der Waals surface area contributed by atoms with Crippen LogP contribution in [0.25, 0.3) is 11.1 Å². The van der Waals surface area contributed by atoms with Crippen molar-refractivity contribution in [3.05, 3.63) is 70.7 Å². The summed E-state index contributed by atoms with van der Waals surface area (Å²) in [5.74, 6) is -8.98.